The van der Waals surface area contributed by atoms with Gasteiger partial charge in [-0.05, 0) is 76.7 Å². The molecule has 0 bridgehead atoms. The quantitative estimate of drug-likeness (QED) is 0.423. The number of anilines is 1. The van der Waals surface area contributed by atoms with E-state index in [1.54, 1.807) is 0 Å². The molecule has 1 aromatic heterocycles. The maximum absolute atomic E-state index is 5.89. The molecule has 0 aliphatic rings. The highest BCUT2D eigenvalue weighted by atomic mass is 127. The van der Waals surface area contributed by atoms with E-state index in [2.05, 4.69) is 71.5 Å². The molecular weight excluding hydrogens is 437 g/mol. The van der Waals surface area contributed by atoms with E-state index < -0.39 is 0 Å². The number of nitrogens with two attached hydrogens (primary N) is 1. The summed E-state index contributed by atoms with van der Waals surface area (Å²) in [7, 11) is 0. The van der Waals surface area contributed by atoms with Crippen LogP contribution in [-0.2, 0) is 11.8 Å². The molecule has 0 amide bonds. The van der Waals surface area contributed by atoms with E-state index in [1.165, 1.54) is 9.13 Å². The van der Waals surface area contributed by atoms with Gasteiger partial charge < -0.3 is 10.5 Å². The van der Waals surface area contributed by atoms with Crippen molar-refractivity contribution in [2.24, 2.45) is 0 Å². The van der Waals surface area contributed by atoms with Gasteiger partial charge in [0, 0.05) is 8.96 Å². The first-order valence-electron chi connectivity index (χ1n) is 8.78. The molecule has 26 heavy (non-hydrogen) atoms. The molecule has 3 aromatic rings. The van der Waals surface area contributed by atoms with Crippen molar-refractivity contribution in [2.45, 2.75) is 39.0 Å². The molecule has 0 spiro atoms. The van der Waals surface area contributed by atoms with E-state index in [9.17, 15) is 0 Å². The Bertz CT molecular complexity index is 902. The topological polar surface area (TPSA) is 61.0 Å². The molecule has 0 fully saturated rings. The number of hydrogen-bond donors (Lipinski definition) is 1. The molecule has 0 saturated heterocycles. The van der Waals surface area contributed by atoms with Crippen molar-refractivity contribution in [2.75, 3.05) is 12.3 Å². The Hall–Kier alpha value is -1.89. The second-order valence-electron chi connectivity index (χ2n) is 7.42. The van der Waals surface area contributed by atoms with Gasteiger partial charge in [0.2, 0.25) is 5.95 Å². The maximum atomic E-state index is 5.89. The summed E-state index contributed by atoms with van der Waals surface area (Å²) in [6, 6.07) is 14.5. The number of hydrogen-bond acceptors (Lipinski definition) is 4. The molecule has 0 aliphatic carbocycles. The van der Waals surface area contributed by atoms with Gasteiger partial charge in [0.1, 0.15) is 5.75 Å². The Morgan fingerprint density at radius 1 is 1.04 bits per heavy atom. The maximum Gasteiger partial charge on any atom is 0.220 e. The highest BCUT2D eigenvalue weighted by Gasteiger charge is 2.13. The predicted molar refractivity (Wildman–Crippen MR) is 116 cm³/mol. The summed E-state index contributed by atoms with van der Waals surface area (Å²) in [6.07, 6.45) is 1.68. The Morgan fingerprint density at radius 3 is 2.46 bits per heavy atom. The smallest absolute Gasteiger partial charge is 0.220 e. The first-order chi connectivity index (χ1) is 12.3. The summed E-state index contributed by atoms with van der Waals surface area (Å²) in [5.41, 5.74) is 9.20. The van der Waals surface area contributed by atoms with Gasteiger partial charge >= 0.3 is 0 Å². The van der Waals surface area contributed by atoms with Crippen LogP contribution in [0.5, 0.6) is 5.75 Å². The summed E-state index contributed by atoms with van der Waals surface area (Å²) in [5, 5.41) is 1.07. The largest absolute Gasteiger partial charge is 0.494 e. The number of aromatic nitrogens is 2. The molecule has 4 nitrogen and oxygen atoms in total. The Kier molecular flexibility index (Phi) is 5.65. The zero-order valence-electron chi connectivity index (χ0n) is 15.4. The van der Waals surface area contributed by atoms with Crippen LogP contribution >= 0.6 is 22.6 Å². The lowest BCUT2D eigenvalue weighted by Gasteiger charge is -2.19. The van der Waals surface area contributed by atoms with Gasteiger partial charge in [-0.25, -0.2) is 9.97 Å². The third-order valence-electron chi connectivity index (χ3n) is 4.30. The lowest BCUT2D eigenvalue weighted by Crippen LogP contribution is -2.10. The number of ether oxygens (including phenoxy) is 1. The van der Waals surface area contributed by atoms with Crippen molar-refractivity contribution in [3.63, 3.8) is 0 Å². The molecular formula is C21H24IN3O. The van der Waals surface area contributed by atoms with Gasteiger partial charge in [-0.1, -0.05) is 32.9 Å². The number of benzene rings is 2. The molecule has 0 radical (unpaired) electrons. The normalized spacial score (nSPS) is 11.7. The van der Waals surface area contributed by atoms with Gasteiger partial charge in [-0.3, -0.25) is 0 Å². The van der Waals surface area contributed by atoms with Crippen LogP contribution in [-0.4, -0.2) is 16.6 Å². The minimum atomic E-state index is 0.157. The van der Waals surface area contributed by atoms with E-state index in [-0.39, 0.29) is 5.41 Å². The summed E-state index contributed by atoms with van der Waals surface area (Å²) in [6.45, 7) is 7.27. The van der Waals surface area contributed by atoms with Crippen molar-refractivity contribution in [3.05, 3.63) is 57.3 Å². The van der Waals surface area contributed by atoms with Crippen LogP contribution in [0.3, 0.4) is 0 Å². The summed E-state index contributed by atoms with van der Waals surface area (Å²) < 4.78 is 7.05. The Morgan fingerprint density at radius 2 is 1.77 bits per heavy atom. The van der Waals surface area contributed by atoms with E-state index in [0.717, 1.165) is 35.2 Å². The molecule has 3 rings (SSSR count). The van der Waals surface area contributed by atoms with E-state index in [4.69, 9.17) is 10.5 Å². The standard InChI is InChI=1S/C21H24IN3O/c1-21(2,3)14-6-9-16(10-7-14)26-12-4-5-18-17-13-15(22)8-11-19(17)25-20(23)24-18/h6-11,13H,4-5,12H2,1-3H3,(H2,23,24,25). The average molecular weight is 461 g/mol. The van der Waals surface area contributed by atoms with E-state index in [1.807, 2.05) is 24.3 Å². The van der Waals surface area contributed by atoms with Crippen molar-refractivity contribution in [1.29, 1.82) is 0 Å². The van der Waals surface area contributed by atoms with Crippen LogP contribution in [0.15, 0.2) is 42.5 Å². The number of halogens is 1. The van der Waals surface area contributed by atoms with Crippen LogP contribution in [0.4, 0.5) is 5.95 Å². The van der Waals surface area contributed by atoms with Crippen LogP contribution in [0.1, 0.15) is 38.4 Å². The van der Waals surface area contributed by atoms with Gasteiger partial charge in [0.15, 0.2) is 0 Å². The fourth-order valence-corrected chi connectivity index (χ4v) is 3.35. The second-order valence-corrected chi connectivity index (χ2v) is 8.66. The van der Waals surface area contributed by atoms with Gasteiger partial charge in [0.05, 0.1) is 17.8 Å². The fraction of sp³-hybridized carbons (Fsp3) is 0.333. The SMILES string of the molecule is CC(C)(C)c1ccc(OCCCc2nc(N)nc3ccc(I)cc23)cc1. The van der Waals surface area contributed by atoms with Crippen molar-refractivity contribution >= 4 is 39.4 Å². The van der Waals surface area contributed by atoms with Gasteiger partial charge in [0.25, 0.3) is 0 Å². The number of aryl methyl sites for hydroxylation is 1. The zero-order chi connectivity index (χ0) is 18.7. The molecule has 1 heterocycles. The average Bonchev–Trinajstić information content (AvgIpc) is 2.58. The lowest BCUT2D eigenvalue weighted by molar-refractivity contribution is 0.310. The molecule has 5 heteroatoms. The van der Waals surface area contributed by atoms with Crippen LogP contribution in [0, 0.1) is 3.57 Å². The summed E-state index contributed by atoms with van der Waals surface area (Å²) >= 11 is 2.30. The van der Waals surface area contributed by atoms with Crippen LogP contribution in [0.2, 0.25) is 0 Å². The highest BCUT2D eigenvalue weighted by Crippen LogP contribution is 2.25. The number of nitrogen functional groups attached to an aromatic ring is 1. The Labute approximate surface area is 168 Å². The summed E-state index contributed by atoms with van der Waals surface area (Å²) in [4.78, 5) is 8.75. The minimum Gasteiger partial charge on any atom is -0.494 e. The number of fused-ring (bicyclic) bond motifs is 1. The monoisotopic (exact) mass is 461 g/mol. The van der Waals surface area contributed by atoms with E-state index >= 15 is 0 Å². The van der Waals surface area contributed by atoms with Crippen molar-refractivity contribution < 1.29 is 4.74 Å². The first-order valence-corrected chi connectivity index (χ1v) is 9.86. The molecule has 0 aliphatic heterocycles. The zero-order valence-corrected chi connectivity index (χ0v) is 17.6. The van der Waals surface area contributed by atoms with Crippen molar-refractivity contribution in [3.8, 4) is 5.75 Å². The minimum absolute atomic E-state index is 0.157. The van der Waals surface area contributed by atoms with Crippen LogP contribution < -0.4 is 10.5 Å². The van der Waals surface area contributed by atoms with E-state index in [0.29, 0.717) is 12.6 Å². The number of nitrogens with zero attached hydrogens (tertiary/aromatic N) is 2. The van der Waals surface area contributed by atoms with Crippen molar-refractivity contribution in [1.82, 2.24) is 9.97 Å². The third-order valence-corrected chi connectivity index (χ3v) is 4.97. The molecule has 0 atom stereocenters. The van der Waals surface area contributed by atoms with Gasteiger partial charge in [-0.15, -0.1) is 0 Å². The third kappa shape index (κ3) is 4.63. The molecule has 0 saturated carbocycles. The second kappa shape index (κ2) is 7.78. The number of rotatable bonds is 5. The predicted octanol–water partition coefficient (Wildman–Crippen LogP) is 5.13. The summed E-state index contributed by atoms with van der Waals surface area (Å²) in [5.74, 6) is 1.23. The lowest BCUT2D eigenvalue weighted by atomic mass is 9.87. The molecule has 136 valence electrons. The molecule has 0 unspecified atom stereocenters. The first kappa shape index (κ1) is 18.9. The van der Waals surface area contributed by atoms with Crippen LogP contribution in [0.25, 0.3) is 10.9 Å². The molecule has 2 N–H and O–H groups in total. The molecule has 2 aromatic carbocycles. The highest BCUT2D eigenvalue weighted by molar-refractivity contribution is 14.1. The Balaban J connectivity index is 1.62. The fourth-order valence-electron chi connectivity index (χ4n) is 2.86. The van der Waals surface area contributed by atoms with Gasteiger partial charge in [-0.2, -0.15) is 0 Å².